The Morgan fingerprint density at radius 2 is 2.67 bits per heavy atom. The van der Waals surface area contributed by atoms with E-state index >= 15 is 0 Å². The summed E-state index contributed by atoms with van der Waals surface area (Å²) in [4.78, 5) is 11.2. The van der Waals surface area contributed by atoms with E-state index in [-0.39, 0.29) is 0 Å². The first-order valence-electron chi connectivity index (χ1n) is 2.42. The Morgan fingerprint density at radius 3 is 3.11 bits per heavy atom. The van der Waals surface area contributed by atoms with Gasteiger partial charge in [-0.2, -0.15) is 4.89 Å². The van der Waals surface area contributed by atoms with Crippen LogP contribution in [0.2, 0.25) is 0 Å². The molecule has 0 amide bonds. The molecular formula is C4H9N3OS. The number of hydrogen-bond donors (Lipinski definition) is 3. The van der Waals surface area contributed by atoms with Crippen molar-refractivity contribution in [2.75, 3.05) is 7.11 Å². The summed E-state index contributed by atoms with van der Waals surface area (Å²) in [5.74, 6) is 0. The molecule has 52 valence electrons. The largest absolute Gasteiger partial charge is 0.378 e. The van der Waals surface area contributed by atoms with Crippen molar-refractivity contribution in [3.8, 4) is 0 Å². The molecule has 1 aliphatic rings. The molecule has 0 radical (unpaired) electrons. The fraction of sp³-hybridized carbons (Fsp3) is 0.250. The van der Waals surface area contributed by atoms with Crippen LogP contribution in [0.3, 0.4) is 0 Å². The van der Waals surface area contributed by atoms with Crippen molar-refractivity contribution in [1.82, 2.24) is 4.89 Å². The standard InChI is InChI=1S/C4H9N3OS/c1-8-7-9-3-2-6-4(9)5/h2-3,7,9H,1H3,(H2,5,6). The second kappa shape index (κ2) is 2.86. The van der Waals surface area contributed by atoms with Crippen LogP contribution in [-0.2, 0) is 4.84 Å². The lowest BCUT2D eigenvalue weighted by Crippen LogP contribution is -2.18. The summed E-state index contributed by atoms with van der Waals surface area (Å²) in [7, 11) is 1.56. The smallest absolute Gasteiger partial charge is 0.156 e. The summed E-state index contributed by atoms with van der Waals surface area (Å²) in [6.07, 6.45) is 1.67. The maximum Gasteiger partial charge on any atom is 0.156 e. The van der Waals surface area contributed by atoms with Crippen molar-refractivity contribution in [2.24, 2.45) is 10.7 Å². The zero-order chi connectivity index (χ0) is 6.69. The first-order valence-corrected chi connectivity index (χ1v) is 3.83. The SMILES string of the molecule is CON[SH]1C=CN=C1N. The third-order valence-corrected chi connectivity index (χ3v) is 2.28. The van der Waals surface area contributed by atoms with E-state index in [4.69, 9.17) is 5.73 Å². The van der Waals surface area contributed by atoms with Gasteiger partial charge >= 0.3 is 0 Å². The van der Waals surface area contributed by atoms with Crippen LogP contribution in [0, 0.1) is 0 Å². The van der Waals surface area contributed by atoms with Crippen molar-refractivity contribution in [3.63, 3.8) is 0 Å². The summed E-state index contributed by atoms with van der Waals surface area (Å²) >= 11 is -0.631. The normalized spacial score (nSPS) is 28.6. The molecule has 1 heterocycles. The third-order valence-electron chi connectivity index (χ3n) is 0.859. The van der Waals surface area contributed by atoms with Gasteiger partial charge in [0.15, 0.2) is 5.17 Å². The molecule has 1 unspecified atom stereocenters. The summed E-state index contributed by atoms with van der Waals surface area (Å²) in [5, 5.41) is 2.49. The van der Waals surface area contributed by atoms with Crippen LogP contribution >= 0.6 is 11.1 Å². The second-order valence-corrected chi connectivity index (χ2v) is 3.13. The Morgan fingerprint density at radius 1 is 1.89 bits per heavy atom. The number of hydrogen-bond acceptors (Lipinski definition) is 4. The lowest BCUT2D eigenvalue weighted by atomic mass is 11.0. The van der Waals surface area contributed by atoms with E-state index in [1.165, 1.54) is 0 Å². The van der Waals surface area contributed by atoms with E-state index in [0.29, 0.717) is 5.17 Å². The third kappa shape index (κ3) is 1.44. The quantitative estimate of drug-likeness (QED) is 0.376. The van der Waals surface area contributed by atoms with Gasteiger partial charge in [0.05, 0.1) is 7.11 Å². The maximum absolute atomic E-state index is 5.44. The fourth-order valence-electron chi connectivity index (χ4n) is 0.490. The van der Waals surface area contributed by atoms with E-state index in [2.05, 4.69) is 14.7 Å². The maximum atomic E-state index is 5.44. The predicted octanol–water partition coefficient (Wildman–Crippen LogP) is -0.147. The summed E-state index contributed by atoms with van der Waals surface area (Å²) in [6, 6.07) is 0. The molecule has 1 rings (SSSR count). The molecule has 1 aliphatic heterocycles. The molecule has 0 aromatic carbocycles. The molecule has 5 heteroatoms. The lowest BCUT2D eigenvalue weighted by molar-refractivity contribution is 0.163. The minimum absolute atomic E-state index is 0.604. The highest BCUT2D eigenvalue weighted by atomic mass is 32.2. The van der Waals surface area contributed by atoms with Gasteiger partial charge in [0, 0.05) is 6.20 Å². The van der Waals surface area contributed by atoms with Crippen LogP contribution in [0.1, 0.15) is 0 Å². The number of thiol groups is 1. The van der Waals surface area contributed by atoms with E-state index in [9.17, 15) is 0 Å². The van der Waals surface area contributed by atoms with Gasteiger partial charge < -0.3 is 5.73 Å². The van der Waals surface area contributed by atoms with Crippen molar-refractivity contribution in [3.05, 3.63) is 11.6 Å². The first kappa shape index (κ1) is 6.60. The molecule has 0 aliphatic carbocycles. The monoisotopic (exact) mass is 147 g/mol. The molecule has 3 N–H and O–H groups in total. The highest BCUT2D eigenvalue weighted by Crippen LogP contribution is 2.25. The van der Waals surface area contributed by atoms with Crippen LogP contribution in [-0.4, -0.2) is 12.3 Å². The van der Waals surface area contributed by atoms with Crippen molar-refractivity contribution in [2.45, 2.75) is 0 Å². The van der Waals surface area contributed by atoms with Gasteiger partial charge in [0.2, 0.25) is 0 Å². The molecule has 0 saturated carbocycles. The fourth-order valence-corrected chi connectivity index (χ4v) is 1.39. The first-order chi connectivity index (χ1) is 4.34. The van der Waals surface area contributed by atoms with Crippen LogP contribution < -0.4 is 10.6 Å². The van der Waals surface area contributed by atoms with Crippen LogP contribution in [0.5, 0.6) is 0 Å². The summed E-state index contributed by atoms with van der Waals surface area (Å²) in [6.45, 7) is 0. The summed E-state index contributed by atoms with van der Waals surface area (Å²) < 4.78 is 0. The minimum atomic E-state index is -0.631. The second-order valence-electron chi connectivity index (χ2n) is 1.45. The zero-order valence-electron chi connectivity index (χ0n) is 5.03. The van der Waals surface area contributed by atoms with E-state index < -0.39 is 11.1 Å². The number of nitrogens with one attached hydrogen (secondary N) is 1. The molecule has 0 fully saturated rings. The van der Waals surface area contributed by atoms with Crippen molar-refractivity contribution >= 4 is 16.2 Å². The molecule has 0 spiro atoms. The molecule has 1 atom stereocenters. The minimum Gasteiger partial charge on any atom is -0.378 e. The van der Waals surface area contributed by atoms with Crippen LogP contribution in [0.25, 0.3) is 0 Å². The number of nitrogens with zero attached hydrogens (tertiary/aromatic N) is 1. The average molecular weight is 147 g/mol. The zero-order valence-corrected chi connectivity index (χ0v) is 5.93. The predicted molar refractivity (Wildman–Crippen MR) is 39.9 cm³/mol. The highest BCUT2D eigenvalue weighted by Gasteiger charge is 2.06. The Bertz CT molecular complexity index is 156. The molecule has 0 saturated heterocycles. The number of rotatable bonds is 2. The average Bonchev–Trinajstić information content (AvgIpc) is 2.18. The number of aliphatic imine (C=N–C) groups is 1. The number of amidine groups is 1. The van der Waals surface area contributed by atoms with Gasteiger partial charge in [0.1, 0.15) is 0 Å². The molecule has 4 nitrogen and oxygen atoms in total. The molecular weight excluding hydrogens is 138 g/mol. The van der Waals surface area contributed by atoms with E-state index in [0.717, 1.165) is 0 Å². The number of nitrogens with two attached hydrogens (primary N) is 1. The van der Waals surface area contributed by atoms with Gasteiger partial charge in [-0.25, -0.2) is 4.99 Å². The van der Waals surface area contributed by atoms with Gasteiger partial charge in [-0.05, 0) is 5.41 Å². The van der Waals surface area contributed by atoms with Gasteiger partial charge in [-0.3, -0.25) is 4.84 Å². The van der Waals surface area contributed by atoms with E-state index in [1.54, 1.807) is 13.3 Å². The Labute approximate surface area is 56.2 Å². The van der Waals surface area contributed by atoms with Gasteiger partial charge in [0.25, 0.3) is 0 Å². The van der Waals surface area contributed by atoms with E-state index in [1.807, 2.05) is 5.41 Å². The molecule has 0 aromatic heterocycles. The highest BCUT2D eigenvalue weighted by molar-refractivity contribution is 8.30. The summed E-state index contributed by atoms with van der Waals surface area (Å²) in [5.41, 5.74) is 5.44. The molecule has 0 bridgehead atoms. The topological polar surface area (TPSA) is 59.6 Å². The van der Waals surface area contributed by atoms with Crippen molar-refractivity contribution < 1.29 is 4.84 Å². The lowest BCUT2D eigenvalue weighted by Gasteiger charge is -2.11. The van der Waals surface area contributed by atoms with Crippen molar-refractivity contribution in [1.29, 1.82) is 0 Å². The van der Waals surface area contributed by atoms with Gasteiger partial charge in [-0.1, -0.05) is 11.1 Å². The Hall–Kier alpha value is -0.520. The Kier molecular flexibility index (Phi) is 2.10. The van der Waals surface area contributed by atoms with Crippen LogP contribution in [0.4, 0.5) is 0 Å². The molecule has 9 heavy (non-hydrogen) atoms. The Balaban J connectivity index is 2.43. The van der Waals surface area contributed by atoms with Crippen LogP contribution in [0.15, 0.2) is 16.6 Å². The molecule has 0 aromatic rings. The van der Waals surface area contributed by atoms with Gasteiger partial charge in [-0.15, -0.1) is 0 Å².